The quantitative estimate of drug-likeness (QED) is 0.546. The van der Waals surface area contributed by atoms with E-state index in [1.54, 1.807) is 41.7 Å². The molecule has 0 spiro atoms. The molecular formula is C19H17N3O3S2. The molecule has 0 unspecified atom stereocenters. The van der Waals surface area contributed by atoms with Crippen LogP contribution in [0, 0.1) is 6.92 Å². The minimum atomic E-state index is -3.75. The van der Waals surface area contributed by atoms with Gasteiger partial charge >= 0.3 is 0 Å². The van der Waals surface area contributed by atoms with Crippen molar-refractivity contribution in [1.82, 2.24) is 9.38 Å². The van der Waals surface area contributed by atoms with Crippen LogP contribution in [-0.2, 0) is 10.0 Å². The van der Waals surface area contributed by atoms with Crippen LogP contribution in [0.4, 0.5) is 5.69 Å². The van der Waals surface area contributed by atoms with E-state index in [2.05, 4.69) is 9.71 Å². The van der Waals surface area contributed by atoms with Crippen LogP contribution in [0.3, 0.4) is 0 Å². The number of hydrogen-bond acceptors (Lipinski definition) is 5. The Hall–Kier alpha value is -2.84. The highest BCUT2D eigenvalue weighted by Gasteiger charge is 2.19. The second-order valence-corrected chi connectivity index (χ2v) is 8.58. The lowest BCUT2D eigenvalue weighted by atomic mass is 10.1. The number of fused-ring (bicyclic) bond motifs is 1. The molecule has 0 bridgehead atoms. The van der Waals surface area contributed by atoms with Crippen molar-refractivity contribution < 1.29 is 13.2 Å². The smallest absolute Gasteiger partial charge is 0.265 e. The molecule has 138 valence electrons. The van der Waals surface area contributed by atoms with Crippen LogP contribution < -0.4 is 9.46 Å². The number of thiazole rings is 1. The Balaban J connectivity index is 1.60. The first-order valence-corrected chi connectivity index (χ1v) is 10.5. The summed E-state index contributed by atoms with van der Waals surface area (Å²) in [5.74, 6) is 0.317. The summed E-state index contributed by atoms with van der Waals surface area (Å²) in [6, 6.07) is 12.1. The highest BCUT2D eigenvalue weighted by Crippen LogP contribution is 2.28. The molecule has 0 fully saturated rings. The number of sulfonamides is 1. The number of anilines is 1. The second kappa shape index (κ2) is 6.71. The first kappa shape index (κ1) is 17.6. The average Bonchev–Trinajstić information content (AvgIpc) is 3.23. The van der Waals surface area contributed by atoms with Crippen molar-refractivity contribution in [1.29, 1.82) is 0 Å². The number of nitrogens with zero attached hydrogens (tertiary/aromatic N) is 2. The minimum Gasteiger partial charge on any atom is -0.495 e. The fourth-order valence-corrected chi connectivity index (χ4v) is 4.69. The molecule has 8 heteroatoms. The number of rotatable bonds is 5. The van der Waals surface area contributed by atoms with Crippen molar-refractivity contribution in [2.75, 3.05) is 11.8 Å². The minimum absolute atomic E-state index is 0.106. The van der Waals surface area contributed by atoms with Crippen molar-refractivity contribution in [3.63, 3.8) is 0 Å². The number of methoxy groups -OCH3 is 1. The van der Waals surface area contributed by atoms with E-state index >= 15 is 0 Å². The summed E-state index contributed by atoms with van der Waals surface area (Å²) in [6.45, 7) is 1.88. The number of benzene rings is 2. The summed E-state index contributed by atoms with van der Waals surface area (Å²) in [6.07, 6.45) is 3.90. The number of nitrogens with one attached hydrogen (secondary N) is 1. The van der Waals surface area contributed by atoms with Crippen LogP contribution >= 0.6 is 11.3 Å². The lowest BCUT2D eigenvalue weighted by molar-refractivity contribution is 0.402. The molecule has 6 nitrogen and oxygen atoms in total. The SMILES string of the molecule is COc1cc(C)ccc1S(=O)(=O)Nc1ccc(-c2cn3ccsc3n2)cc1. The van der Waals surface area contributed by atoms with Gasteiger partial charge in [-0.05, 0) is 36.8 Å². The van der Waals surface area contributed by atoms with Gasteiger partial charge in [0.2, 0.25) is 0 Å². The Bertz CT molecular complexity index is 1180. The summed E-state index contributed by atoms with van der Waals surface area (Å²) in [4.78, 5) is 5.58. The van der Waals surface area contributed by atoms with E-state index in [4.69, 9.17) is 4.74 Å². The molecule has 0 radical (unpaired) electrons. The van der Waals surface area contributed by atoms with E-state index in [-0.39, 0.29) is 4.90 Å². The fourth-order valence-electron chi connectivity index (χ4n) is 2.78. The predicted molar refractivity (Wildman–Crippen MR) is 107 cm³/mol. The second-order valence-electron chi connectivity index (χ2n) is 6.06. The van der Waals surface area contributed by atoms with Crippen LogP contribution in [-0.4, -0.2) is 24.9 Å². The zero-order chi connectivity index (χ0) is 19.0. The molecule has 4 aromatic rings. The topological polar surface area (TPSA) is 72.7 Å². The van der Waals surface area contributed by atoms with Gasteiger partial charge in [-0.25, -0.2) is 13.4 Å². The fraction of sp³-hybridized carbons (Fsp3) is 0.105. The maximum absolute atomic E-state index is 12.7. The summed E-state index contributed by atoms with van der Waals surface area (Å²) < 4.78 is 35.2. The highest BCUT2D eigenvalue weighted by atomic mass is 32.2. The number of imidazole rings is 1. The van der Waals surface area contributed by atoms with Gasteiger partial charge in [0.25, 0.3) is 10.0 Å². The molecule has 2 aromatic heterocycles. The third-order valence-electron chi connectivity index (χ3n) is 4.13. The molecule has 4 rings (SSSR count). The lowest BCUT2D eigenvalue weighted by Crippen LogP contribution is -2.14. The number of aromatic nitrogens is 2. The molecule has 1 N–H and O–H groups in total. The van der Waals surface area contributed by atoms with Gasteiger partial charge in [0.05, 0.1) is 12.8 Å². The van der Waals surface area contributed by atoms with Crippen LogP contribution in [0.25, 0.3) is 16.2 Å². The largest absolute Gasteiger partial charge is 0.495 e. The molecule has 27 heavy (non-hydrogen) atoms. The molecule has 0 saturated carbocycles. The monoisotopic (exact) mass is 399 g/mol. The maximum Gasteiger partial charge on any atom is 0.265 e. The predicted octanol–water partition coefficient (Wildman–Crippen LogP) is 4.18. The summed E-state index contributed by atoms with van der Waals surface area (Å²) in [5.41, 5.74) is 3.16. The van der Waals surface area contributed by atoms with Gasteiger partial charge in [-0.2, -0.15) is 0 Å². The first-order valence-electron chi connectivity index (χ1n) is 8.16. The summed E-state index contributed by atoms with van der Waals surface area (Å²) in [7, 11) is -2.30. The van der Waals surface area contributed by atoms with E-state index in [0.29, 0.717) is 11.4 Å². The molecule has 0 amide bonds. The van der Waals surface area contributed by atoms with Crippen LogP contribution in [0.2, 0.25) is 0 Å². The van der Waals surface area contributed by atoms with Crippen molar-refractivity contribution in [3.8, 4) is 17.0 Å². The van der Waals surface area contributed by atoms with Crippen LogP contribution in [0.15, 0.2) is 65.1 Å². The average molecular weight is 399 g/mol. The third kappa shape index (κ3) is 3.41. The van der Waals surface area contributed by atoms with Crippen molar-refractivity contribution in [2.24, 2.45) is 0 Å². The Morgan fingerprint density at radius 2 is 1.93 bits per heavy atom. The molecule has 0 aliphatic carbocycles. The van der Waals surface area contributed by atoms with Crippen molar-refractivity contribution in [2.45, 2.75) is 11.8 Å². The van der Waals surface area contributed by atoms with Gasteiger partial charge in [-0.1, -0.05) is 18.2 Å². The van der Waals surface area contributed by atoms with Crippen molar-refractivity contribution >= 4 is 32.0 Å². The number of aryl methyl sites for hydroxylation is 1. The zero-order valence-corrected chi connectivity index (χ0v) is 16.3. The zero-order valence-electron chi connectivity index (χ0n) is 14.7. The third-order valence-corrected chi connectivity index (χ3v) is 6.33. The van der Waals surface area contributed by atoms with E-state index in [1.807, 2.05) is 41.2 Å². The molecule has 0 aliphatic rings. The Labute approximate surface area is 161 Å². The summed E-state index contributed by atoms with van der Waals surface area (Å²) in [5, 5.41) is 1.98. The Morgan fingerprint density at radius 1 is 1.15 bits per heavy atom. The van der Waals surface area contributed by atoms with Gasteiger partial charge < -0.3 is 4.74 Å². The number of ether oxygens (including phenoxy) is 1. The molecule has 2 aromatic carbocycles. The van der Waals surface area contributed by atoms with Crippen molar-refractivity contribution in [3.05, 3.63) is 65.8 Å². The molecule has 0 atom stereocenters. The van der Waals surface area contributed by atoms with Crippen LogP contribution in [0.5, 0.6) is 5.75 Å². The van der Waals surface area contributed by atoms with Gasteiger partial charge in [-0.3, -0.25) is 9.12 Å². The molecule has 0 saturated heterocycles. The van der Waals surface area contributed by atoms with Gasteiger partial charge in [0.15, 0.2) is 4.96 Å². The van der Waals surface area contributed by atoms with E-state index in [1.165, 1.54) is 7.11 Å². The van der Waals surface area contributed by atoms with Gasteiger partial charge in [-0.15, -0.1) is 11.3 Å². The first-order chi connectivity index (χ1) is 13.0. The van der Waals surface area contributed by atoms with E-state index in [0.717, 1.165) is 21.8 Å². The molecule has 2 heterocycles. The van der Waals surface area contributed by atoms with E-state index < -0.39 is 10.0 Å². The molecule has 0 aliphatic heterocycles. The Kier molecular flexibility index (Phi) is 4.37. The Morgan fingerprint density at radius 3 is 2.63 bits per heavy atom. The lowest BCUT2D eigenvalue weighted by Gasteiger charge is -2.12. The normalized spacial score (nSPS) is 11.6. The van der Waals surface area contributed by atoms with Crippen LogP contribution in [0.1, 0.15) is 5.56 Å². The standard InChI is InChI=1S/C19H17N3O3S2/c1-13-3-8-18(17(11-13)25-2)27(23,24)21-15-6-4-14(5-7-15)16-12-22-9-10-26-19(22)20-16/h3-12,21H,1-2H3. The number of hydrogen-bond donors (Lipinski definition) is 1. The van der Waals surface area contributed by atoms with E-state index in [9.17, 15) is 8.42 Å². The van der Waals surface area contributed by atoms with Gasteiger partial charge in [0.1, 0.15) is 10.6 Å². The highest BCUT2D eigenvalue weighted by molar-refractivity contribution is 7.92. The summed E-state index contributed by atoms with van der Waals surface area (Å²) >= 11 is 1.56. The molecular weight excluding hydrogens is 382 g/mol. The van der Waals surface area contributed by atoms with Gasteiger partial charge in [0, 0.05) is 29.0 Å². The maximum atomic E-state index is 12.7.